The molecule has 4 rings (SSSR count). The number of hydrogen-bond donors (Lipinski definition) is 1. The first kappa shape index (κ1) is 10.6. The summed E-state index contributed by atoms with van der Waals surface area (Å²) in [5.41, 5.74) is 2.02. The van der Waals surface area contributed by atoms with E-state index < -0.39 is 0 Å². The van der Waals surface area contributed by atoms with Gasteiger partial charge in [0.1, 0.15) is 0 Å². The van der Waals surface area contributed by atoms with Crippen molar-refractivity contribution in [3.05, 3.63) is 0 Å². The van der Waals surface area contributed by atoms with Crippen molar-refractivity contribution in [3.8, 4) is 0 Å². The lowest BCUT2D eigenvalue weighted by Gasteiger charge is -2.70. The van der Waals surface area contributed by atoms with Gasteiger partial charge in [0.2, 0.25) is 0 Å². The first-order chi connectivity index (χ1) is 7.83. The zero-order chi connectivity index (χ0) is 12.2. The van der Waals surface area contributed by atoms with Gasteiger partial charge in [-0.15, -0.1) is 0 Å². The van der Waals surface area contributed by atoms with E-state index in [2.05, 4.69) is 27.7 Å². The molecule has 1 heteroatoms. The molecule has 0 aromatic carbocycles. The molecule has 4 aliphatic carbocycles. The maximum absolute atomic E-state index is 8.79. The van der Waals surface area contributed by atoms with Crippen LogP contribution in [0.25, 0.3) is 0 Å². The van der Waals surface area contributed by atoms with Crippen LogP contribution >= 0.6 is 0 Å². The predicted molar refractivity (Wildman–Crippen MR) is 70.1 cm³/mol. The van der Waals surface area contributed by atoms with Gasteiger partial charge < -0.3 is 5.41 Å². The zero-order valence-electron chi connectivity index (χ0n) is 11.6. The van der Waals surface area contributed by atoms with Gasteiger partial charge in [0.05, 0.1) is 0 Å². The Kier molecular flexibility index (Phi) is 1.56. The summed E-state index contributed by atoms with van der Waals surface area (Å²) in [5, 5.41) is 8.79. The largest absolute Gasteiger partial charge is 0.309 e. The predicted octanol–water partition coefficient (Wildman–Crippen LogP) is 4.12. The molecule has 17 heavy (non-hydrogen) atoms. The fourth-order valence-corrected chi connectivity index (χ4v) is 6.90. The monoisotopic (exact) mass is 231 g/mol. The van der Waals surface area contributed by atoms with E-state index in [9.17, 15) is 0 Å². The maximum atomic E-state index is 8.79. The Hall–Kier alpha value is -0.330. The van der Waals surface area contributed by atoms with Crippen molar-refractivity contribution in [1.82, 2.24) is 0 Å². The average molecular weight is 231 g/mol. The van der Waals surface area contributed by atoms with Crippen molar-refractivity contribution in [2.24, 2.45) is 39.9 Å². The van der Waals surface area contributed by atoms with Crippen LogP contribution in [0.1, 0.15) is 53.4 Å². The van der Waals surface area contributed by atoms with Gasteiger partial charge in [-0.3, -0.25) is 0 Å². The standard InChI is InChI=1S/C16H25N/c1-14(2,3)13(17)15(4)9-5-10-7-12-8-11(6-9)16(10,12)15/h9-12,17H,5-8H2,1-4H3. The van der Waals surface area contributed by atoms with E-state index in [1.54, 1.807) is 0 Å². The maximum Gasteiger partial charge on any atom is 0.0210 e. The summed E-state index contributed by atoms with van der Waals surface area (Å²) in [5.74, 6) is 3.84. The molecule has 1 spiro atoms. The normalized spacial score (nSPS) is 58.4. The summed E-state index contributed by atoms with van der Waals surface area (Å²) >= 11 is 0. The molecule has 0 aromatic heterocycles. The number of nitrogens with one attached hydrogen (secondary N) is 1. The third kappa shape index (κ3) is 0.796. The van der Waals surface area contributed by atoms with Gasteiger partial charge in [0.25, 0.3) is 0 Å². The van der Waals surface area contributed by atoms with Crippen LogP contribution in [-0.2, 0) is 0 Å². The highest BCUT2D eigenvalue weighted by atomic mass is 14.9. The third-order valence-electron chi connectivity index (χ3n) is 7.29. The minimum absolute atomic E-state index is 0.0707. The van der Waals surface area contributed by atoms with E-state index in [4.69, 9.17) is 5.41 Å². The molecule has 1 N–H and O–H groups in total. The fourth-order valence-electron chi connectivity index (χ4n) is 6.90. The molecule has 4 aliphatic rings. The van der Waals surface area contributed by atoms with Gasteiger partial charge in [-0.05, 0) is 54.8 Å². The molecule has 0 aliphatic heterocycles. The summed E-state index contributed by atoms with van der Waals surface area (Å²) in [7, 11) is 0. The summed E-state index contributed by atoms with van der Waals surface area (Å²) in [6, 6.07) is 0. The van der Waals surface area contributed by atoms with E-state index in [1.807, 2.05) is 0 Å². The van der Waals surface area contributed by atoms with Crippen LogP contribution < -0.4 is 0 Å². The Bertz CT molecular complexity index is 400. The highest BCUT2D eigenvalue weighted by Gasteiger charge is 2.83. The topological polar surface area (TPSA) is 23.9 Å². The van der Waals surface area contributed by atoms with Crippen molar-refractivity contribution in [2.45, 2.75) is 53.4 Å². The van der Waals surface area contributed by atoms with Crippen molar-refractivity contribution >= 4 is 5.71 Å². The van der Waals surface area contributed by atoms with Crippen LogP contribution in [0.3, 0.4) is 0 Å². The third-order valence-corrected chi connectivity index (χ3v) is 7.29. The minimum atomic E-state index is 0.0707. The molecule has 3 atom stereocenters. The molecule has 0 saturated heterocycles. The Morgan fingerprint density at radius 3 is 1.76 bits per heavy atom. The molecule has 0 heterocycles. The Labute approximate surface area is 105 Å². The second kappa shape index (κ2) is 2.51. The Morgan fingerprint density at radius 2 is 1.35 bits per heavy atom. The van der Waals surface area contributed by atoms with E-state index >= 15 is 0 Å². The molecule has 94 valence electrons. The summed E-state index contributed by atoms with van der Waals surface area (Å²) < 4.78 is 0. The molecule has 2 bridgehead atoms. The fraction of sp³-hybridized carbons (Fsp3) is 0.938. The highest BCUT2D eigenvalue weighted by molar-refractivity contribution is 5.94. The number of fused-ring (bicyclic) bond motifs is 1. The summed E-state index contributed by atoms with van der Waals surface area (Å²) in [6.45, 7) is 9.20. The Balaban J connectivity index is 1.83. The van der Waals surface area contributed by atoms with Crippen LogP contribution in [0.4, 0.5) is 0 Å². The molecule has 0 radical (unpaired) electrons. The second-order valence-electron chi connectivity index (χ2n) is 8.49. The van der Waals surface area contributed by atoms with Gasteiger partial charge in [0, 0.05) is 16.5 Å². The van der Waals surface area contributed by atoms with Crippen molar-refractivity contribution in [2.75, 3.05) is 0 Å². The van der Waals surface area contributed by atoms with E-state index in [-0.39, 0.29) is 10.8 Å². The molecular formula is C16H25N. The van der Waals surface area contributed by atoms with E-state index in [0.717, 1.165) is 29.4 Å². The lowest BCUT2D eigenvalue weighted by Crippen LogP contribution is -2.66. The van der Waals surface area contributed by atoms with E-state index in [0.29, 0.717) is 5.41 Å². The van der Waals surface area contributed by atoms with Gasteiger partial charge in [0.15, 0.2) is 0 Å². The molecule has 0 aromatic rings. The second-order valence-corrected chi connectivity index (χ2v) is 8.49. The van der Waals surface area contributed by atoms with Crippen LogP contribution in [0.2, 0.25) is 0 Å². The Morgan fingerprint density at radius 1 is 0.941 bits per heavy atom. The smallest absolute Gasteiger partial charge is 0.0210 e. The molecular weight excluding hydrogens is 206 g/mol. The lowest BCUT2D eigenvalue weighted by molar-refractivity contribution is -0.205. The quantitative estimate of drug-likeness (QED) is 0.656. The lowest BCUT2D eigenvalue weighted by atomic mass is 9.34. The molecule has 4 fully saturated rings. The summed E-state index contributed by atoms with van der Waals surface area (Å²) in [4.78, 5) is 0. The zero-order valence-corrected chi connectivity index (χ0v) is 11.6. The van der Waals surface area contributed by atoms with Crippen molar-refractivity contribution in [1.29, 1.82) is 5.41 Å². The summed E-state index contributed by atoms with van der Waals surface area (Å²) in [6.07, 6.45) is 5.89. The molecule has 0 amide bonds. The molecule has 4 saturated carbocycles. The van der Waals surface area contributed by atoms with Crippen LogP contribution in [-0.4, -0.2) is 5.71 Å². The highest BCUT2D eigenvalue weighted by Crippen LogP contribution is 2.87. The van der Waals surface area contributed by atoms with Crippen LogP contribution in [0.5, 0.6) is 0 Å². The minimum Gasteiger partial charge on any atom is -0.309 e. The van der Waals surface area contributed by atoms with Crippen LogP contribution in [0, 0.1) is 45.3 Å². The molecule has 3 unspecified atom stereocenters. The number of hydrogen-bond acceptors (Lipinski definition) is 1. The van der Waals surface area contributed by atoms with Crippen molar-refractivity contribution in [3.63, 3.8) is 0 Å². The van der Waals surface area contributed by atoms with Crippen molar-refractivity contribution < 1.29 is 0 Å². The first-order valence-electron chi connectivity index (χ1n) is 7.42. The van der Waals surface area contributed by atoms with Gasteiger partial charge in [-0.25, -0.2) is 0 Å². The first-order valence-corrected chi connectivity index (χ1v) is 7.42. The number of rotatable bonds is 1. The molecule has 1 nitrogen and oxygen atoms in total. The average Bonchev–Trinajstić information content (AvgIpc) is 2.52. The SMILES string of the molecule is CC(C)(C)C(=N)C1(C)C2CC3CC4CC(C2)C341. The van der Waals surface area contributed by atoms with Gasteiger partial charge >= 0.3 is 0 Å². The van der Waals surface area contributed by atoms with Gasteiger partial charge in [-0.2, -0.15) is 0 Å². The van der Waals surface area contributed by atoms with Gasteiger partial charge in [-0.1, -0.05) is 27.7 Å². The van der Waals surface area contributed by atoms with E-state index in [1.165, 1.54) is 25.7 Å². The van der Waals surface area contributed by atoms with Crippen LogP contribution in [0.15, 0.2) is 0 Å².